The Bertz CT molecular complexity index is 927. The highest BCUT2D eigenvalue weighted by atomic mass is 32.2. The third kappa shape index (κ3) is 4.05. The molecule has 0 spiro atoms. The molecule has 2 aliphatic rings. The van der Waals surface area contributed by atoms with Crippen LogP contribution in [0.4, 0.5) is 0 Å². The Morgan fingerprint density at radius 3 is 2.41 bits per heavy atom. The Hall–Kier alpha value is -2.22. The van der Waals surface area contributed by atoms with E-state index in [1.807, 2.05) is 12.1 Å². The number of rotatable bonds is 5. The molecule has 7 heteroatoms. The van der Waals surface area contributed by atoms with Crippen molar-refractivity contribution in [3.05, 3.63) is 65.2 Å². The van der Waals surface area contributed by atoms with Gasteiger partial charge in [0.1, 0.15) is 0 Å². The fourth-order valence-corrected chi connectivity index (χ4v) is 4.95. The molecule has 1 fully saturated rings. The fraction of sp³-hybridized carbons (Fsp3) is 0.350. The number of carbonyl (C=O) groups is 1. The van der Waals surface area contributed by atoms with Gasteiger partial charge in [-0.2, -0.15) is 0 Å². The number of fused-ring (bicyclic) bond motifs is 1. The molecule has 1 aliphatic carbocycles. The maximum atomic E-state index is 12.6. The minimum atomic E-state index is -3.68. The van der Waals surface area contributed by atoms with Crippen molar-refractivity contribution in [1.29, 1.82) is 0 Å². The lowest BCUT2D eigenvalue weighted by Crippen LogP contribution is -2.36. The highest BCUT2D eigenvalue weighted by Crippen LogP contribution is 2.22. The minimum absolute atomic E-state index is 0.0314. The van der Waals surface area contributed by atoms with Gasteiger partial charge in [0.25, 0.3) is 5.91 Å². The number of benzene rings is 2. The summed E-state index contributed by atoms with van der Waals surface area (Å²) < 4.78 is 33.0. The van der Waals surface area contributed by atoms with Crippen LogP contribution >= 0.6 is 0 Å². The van der Waals surface area contributed by atoms with Crippen LogP contribution in [0.15, 0.2) is 53.4 Å². The van der Waals surface area contributed by atoms with Gasteiger partial charge in [0, 0.05) is 24.3 Å². The molecule has 0 aromatic heterocycles. The zero-order valence-electron chi connectivity index (χ0n) is 14.9. The molecule has 0 saturated carbocycles. The van der Waals surface area contributed by atoms with E-state index in [0.29, 0.717) is 25.2 Å². The molecular weight excluding hydrogens is 364 g/mol. The lowest BCUT2D eigenvalue weighted by atomic mass is 10.1. The number of hydrogen-bond donors (Lipinski definition) is 2. The first-order valence-corrected chi connectivity index (χ1v) is 10.6. The summed E-state index contributed by atoms with van der Waals surface area (Å²) in [5, 5.41) is 3.02. The van der Waals surface area contributed by atoms with Crippen LogP contribution in [0.3, 0.4) is 0 Å². The smallest absolute Gasteiger partial charge is 0.251 e. The molecule has 6 nitrogen and oxygen atoms in total. The third-order valence-corrected chi connectivity index (χ3v) is 6.56. The van der Waals surface area contributed by atoms with Gasteiger partial charge in [0.05, 0.1) is 11.5 Å². The van der Waals surface area contributed by atoms with Crippen LogP contribution in [-0.2, 0) is 27.6 Å². The number of hydrogen-bond acceptors (Lipinski definition) is 4. The Morgan fingerprint density at radius 2 is 1.74 bits per heavy atom. The largest absolute Gasteiger partial charge is 0.380 e. The van der Waals surface area contributed by atoms with E-state index < -0.39 is 10.0 Å². The lowest BCUT2D eigenvalue weighted by Gasteiger charge is -2.14. The molecule has 4 rings (SSSR count). The van der Waals surface area contributed by atoms with Gasteiger partial charge >= 0.3 is 0 Å². The first kappa shape index (κ1) is 18.2. The van der Waals surface area contributed by atoms with Gasteiger partial charge in [0.15, 0.2) is 0 Å². The molecule has 2 N–H and O–H groups in total. The monoisotopic (exact) mass is 386 g/mol. The van der Waals surface area contributed by atoms with Crippen LogP contribution in [0.1, 0.15) is 27.9 Å². The average molecular weight is 386 g/mol. The molecule has 0 unspecified atom stereocenters. The van der Waals surface area contributed by atoms with Crippen molar-refractivity contribution in [1.82, 2.24) is 10.0 Å². The number of amides is 1. The van der Waals surface area contributed by atoms with E-state index in [1.54, 1.807) is 12.1 Å². The summed E-state index contributed by atoms with van der Waals surface area (Å²) in [5.41, 5.74) is 2.85. The molecule has 0 radical (unpaired) electrons. The molecule has 2 aromatic rings. The van der Waals surface area contributed by atoms with Crippen LogP contribution in [0.25, 0.3) is 0 Å². The summed E-state index contributed by atoms with van der Waals surface area (Å²) >= 11 is 0. The summed E-state index contributed by atoms with van der Waals surface area (Å²) in [5.74, 6) is -0.256. The Morgan fingerprint density at radius 1 is 1.00 bits per heavy atom. The molecule has 1 saturated heterocycles. The van der Waals surface area contributed by atoms with Gasteiger partial charge in [-0.05, 0) is 48.6 Å². The fourth-order valence-electron chi connectivity index (χ4n) is 3.65. The normalized spacial score (nSPS) is 19.8. The van der Waals surface area contributed by atoms with Crippen LogP contribution in [0.2, 0.25) is 0 Å². The van der Waals surface area contributed by atoms with Crippen molar-refractivity contribution in [3.63, 3.8) is 0 Å². The summed E-state index contributed by atoms with van der Waals surface area (Å²) in [6.45, 7) is 0.932. The molecule has 1 amide bonds. The van der Waals surface area contributed by atoms with Crippen LogP contribution in [0.5, 0.6) is 0 Å². The van der Waals surface area contributed by atoms with E-state index in [9.17, 15) is 13.2 Å². The van der Waals surface area contributed by atoms with Crippen LogP contribution in [0, 0.1) is 0 Å². The van der Waals surface area contributed by atoms with E-state index in [2.05, 4.69) is 22.2 Å². The number of nitrogens with one attached hydrogen (secondary N) is 2. The first-order chi connectivity index (χ1) is 13.0. The topological polar surface area (TPSA) is 84.5 Å². The summed E-state index contributed by atoms with van der Waals surface area (Å²) in [6, 6.07) is 14.1. The molecule has 2 aromatic carbocycles. The van der Waals surface area contributed by atoms with Crippen molar-refractivity contribution < 1.29 is 17.9 Å². The zero-order chi connectivity index (χ0) is 18.9. The van der Waals surface area contributed by atoms with E-state index in [1.165, 1.54) is 23.3 Å². The Labute approximate surface area is 159 Å². The lowest BCUT2D eigenvalue weighted by molar-refractivity contribution is 0.0938. The van der Waals surface area contributed by atoms with Crippen molar-refractivity contribution >= 4 is 15.9 Å². The van der Waals surface area contributed by atoms with Crippen molar-refractivity contribution in [2.24, 2.45) is 0 Å². The second-order valence-corrected chi connectivity index (χ2v) is 8.77. The van der Waals surface area contributed by atoms with Crippen molar-refractivity contribution in [3.8, 4) is 0 Å². The number of ether oxygens (including phenoxy) is 1. The predicted octanol–water partition coefficient (Wildman–Crippen LogP) is 1.65. The molecule has 142 valence electrons. The molecule has 27 heavy (non-hydrogen) atoms. The highest BCUT2D eigenvalue weighted by Gasteiger charge is 2.25. The number of sulfonamides is 1. The van der Waals surface area contributed by atoms with Crippen molar-refractivity contribution in [2.75, 3.05) is 13.2 Å². The van der Waals surface area contributed by atoms with Gasteiger partial charge in [-0.1, -0.05) is 30.3 Å². The second kappa shape index (κ2) is 7.42. The predicted molar refractivity (Wildman–Crippen MR) is 101 cm³/mol. The van der Waals surface area contributed by atoms with Gasteiger partial charge in [0.2, 0.25) is 10.0 Å². The highest BCUT2D eigenvalue weighted by molar-refractivity contribution is 7.89. The minimum Gasteiger partial charge on any atom is -0.380 e. The summed E-state index contributed by atoms with van der Waals surface area (Å²) in [4.78, 5) is 12.7. The van der Waals surface area contributed by atoms with Crippen LogP contribution in [-0.4, -0.2) is 39.6 Å². The van der Waals surface area contributed by atoms with E-state index >= 15 is 0 Å². The SMILES string of the molecule is O=C(NC1Cc2ccccc2C1)c1cccc(S(=O)(=O)N[C@@H]2CCOC2)c1. The summed E-state index contributed by atoms with van der Waals surface area (Å²) in [7, 11) is -3.68. The molecule has 0 bridgehead atoms. The summed E-state index contributed by atoms with van der Waals surface area (Å²) in [6.07, 6.45) is 2.24. The second-order valence-electron chi connectivity index (χ2n) is 7.06. The quantitative estimate of drug-likeness (QED) is 0.818. The average Bonchev–Trinajstić information content (AvgIpc) is 3.30. The van der Waals surface area contributed by atoms with Crippen LogP contribution < -0.4 is 10.0 Å². The van der Waals surface area contributed by atoms with Gasteiger partial charge < -0.3 is 10.1 Å². The standard InChI is InChI=1S/C20H22N2O4S/c23-20(21-18-10-14-4-1-2-5-15(14)11-18)16-6-3-7-19(12-16)27(24,25)22-17-8-9-26-13-17/h1-7,12,17-18,22H,8-11,13H2,(H,21,23)/t17-/m1/s1. The van der Waals surface area contributed by atoms with E-state index in [4.69, 9.17) is 4.74 Å². The molecule has 1 aliphatic heterocycles. The first-order valence-electron chi connectivity index (χ1n) is 9.09. The maximum absolute atomic E-state index is 12.6. The third-order valence-electron chi connectivity index (χ3n) is 5.04. The Kier molecular flexibility index (Phi) is 4.99. The zero-order valence-corrected chi connectivity index (χ0v) is 15.7. The van der Waals surface area contributed by atoms with Crippen molar-refractivity contribution in [2.45, 2.75) is 36.2 Å². The van der Waals surface area contributed by atoms with Gasteiger partial charge in [-0.25, -0.2) is 13.1 Å². The molecule has 1 heterocycles. The Balaban J connectivity index is 1.45. The molecule has 1 atom stereocenters. The van der Waals surface area contributed by atoms with Gasteiger partial charge in [-0.3, -0.25) is 4.79 Å². The van der Waals surface area contributed by atoms with Gasteiger partial charge in [-0.15, -0.1) is 0 Å². The van der Waals surface area contributed by atoms with E-state index in [0.717, 1.165) is 12.8 Å². The maximum Gasteiger partial charge on any atom is 0.251 e. The van der Waals surface area contributed by atoms with E-state index in [-0.39, 0.29) is 22.9 Å². The molecular formula is C20H22N2O4S. The number of carbonyl (C=O) groups excluding carboxylic acids is 1.